The van der Waals surface area contributed by atoms with Gasteiger partial charge in [-0.15, -0.1) is 145 Å². The average molecular weight is 608 g/mol. The Morgan fingerprint density at radius 1 is 0.348 bits per heavy atom. The summed E-state index contributed by atoms with van der Waals surface area (Å²) in [6.07, 6.45) is 0. The maximum absolute atomic E-state index is 2.58. The molecule has 144 valence electrons. The van der Waals surface area contributed by atoms with E-state index in [1.54, 1.807) is 0 Å². The van der Waals surface area contributed by atoms with Crippen molar-refractivity contribution in [3.8, 4) is 0 Å². The fourth-order valence-corrected chi connectivity index (χ4v) is 0. The molecule has 0 nitrogen and oxygen atoms in total. The fraction of sp³-hybridized carbons (Fsp3) is 1.00. The van der Waals surface area contributed by atoms with Gasteiger partial charge < -0.3 is 0 Å². The van der Waals surface area contributed by atoms with Gasteiger partial charge in [-0.2, -0.15) is 0 Å². The van der Waals surface area contributed by atoms with E-state index in [2.05, 4.69) is 112 Å². The Morgan fingerprint density at radius 3 is 0.348 bits per heavy atom. The van der Waals surface area contributed by atoms with Crippen molar-refractivity contribution in [1.29, 1.82) is 0 Å². The van der Waals surface area contributed by atoms with Crippen LogP contribution >= 0.6 is 112 Å². The smallest absolute Gasteiger partial charge is 0.117 e. The van der Waals surface area contributed by atoms with Crippen molar-refractivity contribution in [2.45, 2.75) is 47.6 Å². The molecule has 0 rings (SSSR count). The Morgan fingerprint density at radius 2 is 0.348 bits per heavy atom. The van der Waals surface area contributed by atoms with Gasteiger partial charge in [0.2, 0.25) is 0 Å². The summed E-state index contributed by atoms with van der Waals surface area (Å²) in [5, 5.41) is 2.33. The molecule has 23 heavy (non-hydrogen) atoms. The largest absolute Gasteiger partial charge is 0.147 e. The molecule has 0 spiro atoms. The van der Waals surface area contributed by atoms with Gasteiger partial charge in [-0.05, 0) is 0 Å². The van der Waals surface area contributed by atoms with E-state index >= 15 is 0 Å². The van der Waals surface area contributed by atoms with E-state index in [1.807, 2.05) is 23.1 Å². The molecule has 0 amide bonds. The van der Waals surface area contributed by atoms with E-state index in [9.17, 15) is 0 Å². The van der Waals surface area contributed by atoms with Crippen LogP contribution in [0.25, 0.3) is 0 Å². The predicted molar refractivity (Wildman–Crippen MR) is 144 cm³/mol. The van der Waals surface area contributed by atoms with Crippen LogP contribution in [0.5, 0.6) is 0 Å². The van der Waals surface area contributed by atoms with Crippen molar-refractivity contribution < 1.29 is 0 Å². The third-order valence-electron chi connectivity index (χ3n) is 0. The zero-order valence-corrected chi connectivity index (χ0v) is 28.8. The number of hydrogen-bond acceptors (Lipinski definition) is 0. The van der Waals surface area contributed by atoms with E-state index in [0.717, 1.165) is 0 Å². The maximum Gasteiger partial charge on any atom is 0.117 e. The summed E-state index contributed by atoms with van der Waals surface area (Å²) in [5.41, 5.74) is 0. The van der Waals surface area contributed by atoms with E-state index in [4.69, 9.17) is 0 Å². The molecule has 0 aromatic carbocycles. The zero-order chi connectivity index (χ0) is 13.4. The number of hydrogen-bond donors (Lipinski definition) is 0. The molecule has 0 saturated heterocycles. The van der Waals surface area contributed by atoms with E-state index in [-0.39, 0.29) is 112 Å². The minimum Gasteiger partial charge on any atom is -0.147 e. The summed E-state index contributed by atoms with van der Waals surface area (Å²) in [5.74, 6) is 7.67. The lowest BCUT2D eigenvalue weighted by atomic mass is 11.0. The first-order valence-corrected chi connectivity index (χ1v) is 10.8. The molecule has 0 aromatic heterocycles. The average Bonchev–Trinajstić information content (AvgIpc) is 2.31. The second-order valence-electron chi connectivity index (χ2n) is 0.816. The second-order valence-corrected chi connectivity index (χ2v) is 2.45. The molecule has 0 aromatic rings. The highest BCUT2D eigenvalue weighted by Gasteiger charge is 1.37. The van der Waals surface area contributed by atoms with Gasteiger partial charge in [-0.1, -0.05) is 13.8 Å². The van der Waals surface area contributed by atoms with E-state index in [0.29, 0.717) is 0 Å². The van der Waals surface area contributed by atoms with Crippen molar-refractivity contribution in [2.24, 2.45) is 0 Å². The third-order valence-corrected chi connectivity index (χ3v) is 0. The molecule has 12 radical (unpaired) electrons. The molecular formula is C8H31Al6Cl9. The molecule has 0 heterocycles. The molecule has 0 aliphatic rings. The summed E-state index contributed by atoms with van der Waals surface area (Å²) in [4.78, 5) is 0. The third kappa shape index (κ3) is 549. The molecule has 0 atom stereocenters. The molecule has 15 heteroatoms. The van der Waals surface area contributed by atoms with Gasteiger partial charge >= 0.3 is 0 Å². The molecule has 0 bridgehead atoms. The number of rotatable bonds is 0. The van der Waals surface area contributed by atoms with Crippen molar-refractivity contribution in [1.82, 2.24) is 0 Å². The maximum atomic E-state index is 2.58. The lowest BCUT2D eigenvalue weighted by molar-refractivity contribution is 1.48. The van der Waals surface area contributed by atoms with Crippen LogP contribution in [0.4, 0.5) is 0 Å². The summed E-state index contributed by atoms with van der Waals surface area (Å²) < 4.78 is 0. The van der Waals surface area contributed by atoms with Crippen LogP contribution in [0.1, 0.15) is 13.8 Å². The normalized spacial score (nSPS) is 2.35. The van der Waals surface area contributed by atoms with Gasteiger partial charge in [0.15, 0.2) is 0 Å². The highest BCUT2D eigenvalue weighted by Crippen LogP contribution is 1.49. The second kappa shape index (κ2) is 328. The van der Waals surface area contributed by atoms with Crippen LogP contribution in [0.3, 0.4) is 0 Å². The van der Waals surface area contributed by atoms with Gasteiger partial charge in [0.1, 0.15) is 97.7 Å². The predicted octanol–water partition coefficient (Wildman–Crippen LogP) is 5.79. The lowest BCUT2D eigenvalue weighted by Crippen LogP contribution is -1.41. The first kappa shape index (κ1) is 117. The van der Waals surface area contributed by atoms with Crippen molar-refractivity contribution >= 4 is 209 Å². The first-order chi connectivity index (χ1) is 6.83. The van der Waals surface area contributed by atoms with Crippen LogP contribution in [0.2, 0.25) is 33.7 Å². The monoisotopic (exact) mass is 604 g/mol. The molecule has 0 aliphatic heterocycles. The molecule has 0 aliphatic carbocycles. The Bertz CT molecular complexity index is 38.0. The molecular weight excluding hydrogens is 577 g/mol. The fourth-order valence-electron chi connectivity index (χ4n) is 0. The molecule has 0 saturated carbocycles. The molecule has 0 N–H and O–H groups in total. The van der Waals surface area contributed by atoms with Crippen molar-refractivity contribution in [3.63, 3.8) is 0 Å². The van der Waals surface area contributed by atoms with Crippen LogP contribution in [0, 0.1) is 0 Å². The molecule has 0 unspecified atom stereocenters. The van der Waals surface area contributed by atoms with Crippen LogP contribution < -0.4 is 0 Å². The first-order valence-electron chi connectivity index (χ1n) is 4.54. The van der Waals surface area contributed by atoms with Gasteiger partial charge in [0.25, 0.3) is 0 Å². The Balaban J connectivity index is -0.00000000240. The van der Waals surface area contributed by atoms with Gasteiger partial charge in [0.05, 0.1) is 0 Å². The van der Waals surface area contributed by atoms with Crippen molar-refractivity contribution in [3.05, 3.63) is 0 Å². The lowest BCUT2D eigenvalue weighted by Gasteiger charge is -1.47. The Hall–Kier alpha value is 5.80. The summed E-state index contributed by atoms with van der Waals surface area (Å²) in [6.45, 7) is 4.18. The zero-order valence-electron chi connectivity index (χ0n) is 14.6. The highest BCUT2D eigenvalue weighted by molar-refractivity contribution is 6.08. The molecule has 0 fully saturated rings. The number of halogens is 9. The van der Waals surface area contributed by atoms with Gasteiger partial charge in [-0.3, -0.25) is 0 Å². The summed E-state index contributed by atoms with van der Waals surface area (Å²) in [6, 6.07) is 0. The minimum atomic E-state index is 0. The van der Waals surface area contributed by atoms with E-state index < -0.39 is 0 Å². The summed E-state index contributed by atoms with van der Waals surface area (Å²) >= 11 is 14.8. The van der Waals surface area contributed by atoms with Crippen LogP contribution in [-0.4, -0.2) is 97.7 Å². The quantitative estimate of drug-likeness (QED) is 0.306. The highest BCUT2D eigenvalue weighted by atomic mass is 35.5. The van der Waals surface area contributed by atoms with Crippen molar-refractivity contribution in [2.75, 3.05) is 0 Å². The van der Waals surface area contributed by atoms with E-state index in [1.165, 1.54) is 10.6 Å². The SMILES string of the molecule is C[CH2][Al].C[CH2][Al].Cl.Cl.Cl.Cl.Cl.Cl.Cl.Cl.Cl.[CH3][Al].[CH3][Al].[CH3][Al].[CH3][Al]. The van der Waals surface area contributed by atoms with Crippen LogP contribution in [-0.2, 0) is 0 Å². The Kier molecular flexibility index (Phi) is 1670. The van der Waals surface area contributed by atoms with Crippen LogP contribution in [0.15, 0.2) is 0 Å². The minimum absolute atomic E-state index is 0. The summed E-state index contributed by atoms with van der Waals surface area (Å²) in [7, 11) is 0. The van der Waals surface area contributed by atoms with Gasteiger partial charge in [0, 0.05) is 0 Å². The standard InChI is InChI=1S/2C2H5.4CH3.6Al.9ClH/c2*1-2;;;;;;;;;;;;;;;;;;;/h2*1H2,2H3;4*1H3;;;;;;;9*1H. The Labute approximate surface area is 253 Å². The van der Waals surface area contributed by atoms with Gasteiger partial charge in [-0.25, -0.2) is 0 Å². The topological polar surface area (TPSA) is 0 Å².